The Morgan fingerprint density at radius 1 is 1.11 bits per heavy atom. The molecule has 27 heavy (non-hydrogen) atoms. The number of rotatable bonds is 6. The molecular weight excluding hydrogens is 370 g/mol. The summed E-state index contributed by atoms with van der Waals surface area (Å²) >= 11 is 5.76. The molecule has 2 aromatic carbocycles. The van der Waals surface area contributed by atoms with Crippen LogP contribution in [0.5, 0.6) is 5.75 Å². The molecule has 0 radical (unpaired) electrons. The molecule has 3 aromatic rings. The molecule has 3 rings (SSSR count). The number of anilines is 1. The van der Waals surface area contributed by atoms with Crippen LogP contribution in [0.2, 0.25) is 5.02 Å². The van der Waals surface area contributed by atoms with Crippen LogP contribution < -0.4 is 10.1 Å². The second-order valence-corrected chi connectivity index (χ2v) is 5.94. The van der Waals surface area contributed by atoms with E-state index >= 15 is 0 Å². The van der Waals surface area contributed by atoms with Gasteiger partial charge in [-0.25, -0.2) is 4.98 Å². The minimum absolute atomic E-state index is 0.0144. The van der Waals surface area contributed by atoms with Gasteiger partial charge >= 0.3 is 5.69 Å². The summed E-state index contributed by atoms with van der Waals surface area (Å²) in [5.41, 5.74) is 0.328. The van der Waals surface area contributed by atoms with Crippen molar-refractivity contribution in [2.75, 3.05) is 5.32 Å². The van der Waals surface area contributed by atoms with E-state index in [9.17, 15) is 14.9 Å². The topological polar surface area (TPSA) is 94.4 Å². The number of ether oxygens (including phenoxy) is 1. The number of amides is 1. The van der Waals surface area contributed by atoms with E-state index in [0.29, 0.717) is 5.02 Å². The van der Waals surface area contributed by atoms with Crippen LogP contribution in [0.4, 0.5) is 11.5 Å². The first kappa shape index (κ1) is 18.3. The third-order valence-electron chi connectivity index (χ3n) is 3.63. The first-order valence-electron chi connectivity index (χ1n) is 7.91. The van der Waals surface area contributed by atoms with Crippen molar-refractivity contribution in [3.63, 3.8) is 0 Å². The predicted octanol–water partition coefficient (Wildman–Crippen LogP) is 4.47. The summed E-state index contributed by atoms with van der Waals surface area (Å²) in [4.78, 5) is 27.4. The Bertz CT molecular complexity index is 962. The van der Waals surface area contributed by atoms with Gasteiger partial charge < -0.3 is 10.1 Å². The molecule has 8 heteroatoms. The van der Waals surface area contributed by atoms with Crippen LogP contribution in [0.15, 0.2) is 66.9 Å². The van der Waals surface area contributed by atoms with Crippen LogP contribution in [-0.2, 0) is 6.61 Å². The summed E-state index contributed by atoms with van der Waals surface area (Å²) in [5.74, 6) is -0.420. The van der Waals surface area contributed by atoms with E-state index < -0.39 is 16.5 Å². The maximum absolute atomic E-state index is 12.5. The number of hydrogen-bond acceptors (Lipinski definition) is 5. The fraction of sp³-hybridized carbons (Fsp3) is 0.0526. The average molecular weight is 384 g/mol. The number of aromatic nitrogens is 1. The Labute approximate surface area is 159 Å². The summed E-state index contributed by atoms with van der Waals surface area (Å²) in [5, 5.41) is 14.5. The number of benzene rings is 2. The second-order valence-electron chi connectivity index (χ2n) is 5.50. The van der Waals surface area contributed by atoms with Crippen molar-refractivity contribution in [1.82, 2.24) is 4.98 Å². The van der Waals surface area contributed by atoms with Gasteiger partial charge in [0.15, 0.2) is 5.75 Å². The number of carbonyl (C=O) groups is 1. The van der Waals surface area contributed by atoms with Crippen molar-refractivity contribution in [3.8, 4) is 5.75 Å². The lowest BCUT2D eigenvalue weighted by atomic mass is 10.1. The standard InChI is InChI=1S/C19H14ClN3O4/c20-14-9-10-17(21-11-14)22-19(24)15-7-4-8-16(18(15)23(25)26)27-12-13-5-2-1-3-6-13/h1-11H,12H2,(H,21,22,24). The molecule has 1 amide bonds. The van der Waals surface area contributed by atoms with E-state index in [1.54, 1.807) is 6.07 Å². The molecule has 1 heterocycles. The Hall–Kier alpha value is -3.45. The smallest absolute Gasteiger partial charge is 0.323 e. The number of pyridine rings is 1. The first-order valence-corrected chi connectivity index (χ1v) is 8.29. The molecule has 0 aliphatic carbocycles. The fourth-order valence-corrected chi connectivity index (χ4v) is 2.49. The third kappa shape index (κ3) is 4.59. The third-order valence-corrected chi connectivity index (χ3v) is 3.86. The molecule has 136 valence electrons. The van der Waals surface area contributed by atoms with Gasteiger partial charge in [-0.2, -0.15) is 0 Å². The van der Waals surface area contributed by atoms with Gasteiger partial charge in [-0.3, -0.25) is 14.9 Å². The number of nitro benzene ring substituents is 1. The fourth-order valence-electron chi connectivity index (χ4n) is 2.38. The molecule has 0 bridgehead atoms. The van der Waals surface area contributed by atoms with Crippen molar-refractivity contribution in [1.29, 1.82) is 0 Å². The SMILES string of the molecule is O=C(Nc1ccc(Cl)cn1)c1cccc(OCc2ccccc2)c1[N+](=O)[O-]. The van der Waals surface area contributed by atoms with Gasteiger partial charge in [0.25, 0.3) is 5.91 Å². The molecule has 0 unspecified atom stereocenters. The molecule has 0 saturated carbocycles. The normalized spacial score (nSPS) is 10.3. The van der Waals surface area contributed by atoms with Gasteiger partial charge in [0.05, 0.1) is 9.95 Å². The summed E-state index contributed by atoms with van der Waals surface area (Å²) in [7, 11) is 0. The van der Waals surface area contributed by atoms with Crippen LogP contribution >= 0.6 is 11.6 Å². The van der Waals surface area contributed by atoms with Crippen molar-refractivity contribution >= 4 is 29.0 Å². The minimum Gasteiger partial charge on any atom is -0.482 e. The number of nitrogens with one attached hydrogen (secondary N) is 1. The molecule has 0 fully saturated rings. The van der Waals surface area contributed by atoms with Crippen LogP contribution in [-0.4, -0.2) is 15.8 Å². The number of para-hydroxylation sites is 1. The van der Waals surface area contributed by atoms with Crippen molar-refractivity contribution < 1.29 is 14.5 Å². The predicted molar refractivity (Wildman–Crippen MR) is 101 cm³/mol. The molecular formula is C19H14ClN3O4. The largest absolute Gasteiger partial charge is 0.482 e. The molecule has 0 atom stereocenters. The van der Waals surface area contributed by atoms with Crippen LogP contribution in [0, 0.1) is 10.1 Å². The summed E-state index contributed by atoms with van der Waals surface area (Å²) < 4.78 is 5.59. The Balaban J connectivity index is 1.85. The van der Waals surface area contributed by atoms with E-state index in [0.717, 1.165) is 5.56 Å². The van der Waals surface area contributed by atoms with E-state index in [1.807, 2.05) is 30.3 Å². The van der Waals surface area contributed by atoms with Gasteiger partial charge in [-0.05, 0) is 29.8 Å². The highest BCUT2D eigenvalue weighted by atomic mass is 35.5. The number of hydrogen-bond donors (Lipinski definition) is 1. The Kier molecular flexibility index (Phi) is 5.63. The molecule has 0 aliphatic heterocycles. The minimum atomic E-state index is -0.665. The van der Waals surface area contributed by atoms with E-state index in [-0.39, 0.29) is 23.7 Å². The maximum Gasteiger partial charge on any atom is 0.323 e. The van der Waals surface area contributed by atoms with Crippen LogP contribution in [0.25, 0.3) is 0 Å². The van der Waals surface area contributed by atoms with Crippen molar-refractivity contribution in [2.24, 2.45) is 0 Å². The molecule has 0 aliphatic rings. The lowest BCUT2D eigenvalue weighted by molar-refractivity contribution is -0.386. The molecule has 1 aromatic heterocycles. The zero-order chi connectivity index (χ0) is 19.2. The Morgan fingerprint density at radius 2 is 1.89 bits per heavy atom. The van der Waals surface area contributed by atoms with Crippen molar-refractivity contribution in [2.45, 2.75) is 6.61 Å². The summed E-state index contributed by atoms with van der Waals surface area (Å²) in [6.07, 6.45) is 1.37. The zero-order valence-electron chi connectivity index (χ0n) is 14.0. The summed E-state index contributed by atoms with van der Waals surface area (Å²) in [6, 6.07) is 16.6. The van der Waals surface area contributed by atoms with Crippen LogP contribution in [0.3, 0.4) is 0 Å². The molecule has 0 spiro atoms. The zero-order valence-corrected chi connectivity index (χ0v) is 14.7. The lowest BCUT2D eigenvalue weighted by Gasteiger charge is -2.10. The van der Waals surface area contributed by atoms with Crippen LogP contribution in [0.1, 0.15) is 15.9 Å². The number of nitro groups is 1. The second kappa shape index (κ2) is 8.29. The van der Waals surface area contributed by atoms with Gasteiger partial charge in [0, 0.05) is 6.20 Å². The quantitative estimate of drug-likeness (QED) is 0.500. The monoisotopic (exact) mass is 383 g/mol. The molecule has 7 nitrogen and oxygen atoms in total. The molecule has 1 N–H and O–H groups in total. The van der Waals surface area contributed by atoms with Gasteiger partial charge in [0.2, 0.25) is 0 Å². The number of carbonyl (C=O) groups excluding carboxylic acids is 1. The highest BCUT2D eigenvalue weighted by Gasteiger charge is 2.26. The van der Waals surface area contributed by atoms with Gasteiger partial charge in [0.1, 0.15) is 18.0 Å². The summed E-state index contributed by atoms with van der Waals surface area (Å²) in [6.45, 7) is 0.144. The van der Waals surface area contributed by atoms with E-state index in [4.69, 9.17) is 16.3 Å². The highest BCUT2D eigenvalue weighted by molar-refractivity contribution is 6.30. The van der Waals surface area contributed by atoms with Gasteiger partial charge in [-0.15, -0.1) is 0 Å². The number of halogens is 1. The van der Waals surface area contributed by atoms with E-state index in [2.05, 4.69) is 10.3 Å². The molecule has 0 saturated heterocycles. The van der Waals surface area contributed by atoms with Gasteiger partial charge in [-0.1, -0.05) is 48.0 Å². The highest BCUT2D eigenvalue weighted by Crippen LogP contribution is 2.32. The van der Waals surface area contributed by atoms with Crippen molar-refractivity contribution in [3.05, 3.63) is 93.1 Å². The lowest BCUT2D eigenvalue weighted by Crippen LogP contribution is -2.15. The Morgan fingerprint density at radius 3 is 2.56 bits per heavy atom. The maximum atomic E-state index is 12.5. The first-order chi connectivity index (χ1) is 13.0. The average Bonchev–Trinajstić information content (AvgIpc) is 2.68. The number of nitrogens with zero attached hydrogens (tertiary/aromatic N) is 2. The van der Waals surface area contributed by atoms with E-state index in [1.165, 1.54) is 30.5 Å².